The number of likely N-dealkylation sites (N-methyl/N-ethyl adjacent to an activating group) is 3. The van der Waals surface area contributed by atoms with Crippen LogP contribution in [0.1, 0.15) is 10.4 Å². The van der Waals surface area contributed by atoms with Crippen LogP contribution in [0.3, 0.4) is 0 Å². The third kappa shape index (κ3) is 4.19. The Morgan fingerprint density at radius 2 is 1.74 bits per heavy atom. The van der Waals surface area contributed by atoms with Gasteiger partial charge in [0.25, 0.3) is 23.6 Å². The highest BCUT2D eigenvalue weighted by atomic mass is 16.5. The predicted octanol–water partition coefficient (Wildman–Crippen LogP) is 0.401. The number of hydroxylamine groups is 1. The summed E-state index contributed by atoms with van der Waals surface area (Å²) < 4.78 is 5.43. The van der Waals surface area contributed by atoms with E-state index in [9.17, 15) is 19.2 Å². The fourth-order valence-corrected chi connectivity index (χ4v) is 3.25. The number of hydrogen-bond donors (Lipinski definition) is 3. The highest BCUT2D eigenvalue weighted by Gasteiger charge is 2.33. The summed E-state index contributed by atoms with van der Waals surface area (Å²) in [6.07, 6.45) is 0. The molecule has 0 spiro atoms. The number of carbonyl (C=O) groups excluding carboxylic acids is 4. The third-order valence-electron chi connectivity index (χ3n) is 5.07. The van der Waals surface area contributed by atoms with Crippen molar-refractivity contribution in [3.63, 3.8) is 0 Å². The molecule has 3 N–H and O–H groups in total. The molecule has 2 aromatic carbocycles. The van der Waals surface area contributed by atoms with E-state index < -0.39 is 23.8 Å². The molecular formula is C21H22N4O6. The number of anilines is 1. The first-order valence-electron chi connectivity index (χ1n) is 9.35. The average molecular weight is 426 g/mol. The largest absolute Gasteiger partial charge is 0.482 e. The molecule has 162 valence electrons. The van der Waals surface area contributed by atoms with E-state index in [2.05, 4.69) is 5.32 Å². The second-order valence-corrected chi connectivity index (χ2v) is 6.91. The standard InChI is InChI=1S/C21H22N4O6/c1-22-19(27)18(20(28)23-30)25(3)21(29)13-6-4-12(5-7-13)14-8-9-16-15(10-14)24(2)17(26)11-31-16/h4-10,18,30H,11H2,1-3H3,(H,22,27)(H,23,28). The smallest absolute Gasteiger partial charge is 0.275 e. The van der Waals surface area contributed by atoms with Gasteiger partial charge in [0.2, 0.25) is 0 Å². The van der Waals surface area contributed by atoms with Gasteiger partial charge in [0.05, 0.1) is 5.69 Å². The zero-order chi connectivity index (χ0) is 22.7. The van der Waals surface area contributed by atoms with Gasteiger partial charge in [-0.25, -0.2) is 5.48 Å². The Kier molecular flexibility index (Phi) is 6.21. The minimum absolute atomic E-state index is 0.00146. The molecule has 0 bridgehead atoms. The zero-order valence-corrected chi connectivity index (χ0v) is 17.2. The van der Waals surface area contributed by atoms with Crippen molar-refractivity contribution >= 4 is 29.3 Å². The van der Waals surface area contributed by atoms with Crippen LogP contribution in [0.25, 0.3) is 11.1 Å². The Bertz CT molecular complexity index is 1020. The first-order chi connectivity index (χ1) is 14.8. The summed E-state index contributed by atoms with van der Waals surface area (Å²) in [6, 6.07) is 10.5. The number of rotatable bonds is 5. The van der Waals surface area contributed by atoms with Gasteiger partial charge in [0, 0.05) is 26.7 Å². The van der Waals surface area contributed by atoms with Gasteiger partial charge in [-0.1, -0.05) is 18.2 Å². The summed E-state index contributed by atoms with van der Waals surface area (Å²) >= 11 is 0. The number of nitrogens with one attached hydrogen (secondary N) is 2. The predicted molar refractivity (Wildman–Crippen MR) is 111 cm³/mol. The van der Waals surface area contributed by atoms with Crippen LogP contribution in [0.5, 0.6) is 5.75 Å². The van der Waals surface area contributed by atoms with Crippen molar-refractivity contribution in [3.8, 4) is 16.9 Å². The van der Waals surface area contributed by atoms with E-state index in [1.807, 2.05) is 12.1 Å². The molecule has 0 saturated carbocycles. The number of amides is 4. The van der Waals surface area contributed by atoms with Gasteiger partial charge in [0.1, 0.15) is 5.75 Å². The lowest BCUT2D eigenvalue weighted by molar-refractivity contribution is -0.140. The summed E-state index contributed by atoms with van der Waals surface area (Å²) in [5.41, 5.74) is 3.91. The van der Waals surface area contributed by atoms with Crippen LogP contribution in [-0.4, -0.2) is 67.5 Å². The molecule has 1 atom stereocenters. The van der Waals surface area contributed by atoms with Crippen molar-refractivity contribution in [3.05, 3.63) is 48.0 Å². The minimum Gasteiger partial charge on any atom is -0.482 e. The van der Waals surface area contributed by atoms with Crippen molar-refractivity contribution in [2.75, 3.05) is 32.6 Å². The van der Waals surface area contributed by atoms with Gasteiger partial charge >= 0.3 is 0 Å². The van der Waals surface area contributed by atoms with E-state index in [0.717, 1.165) is 16.0 Å². The number of ether oxygens (including phenoxy) is 1. The van der Waals surface area contributed by atoms with Crippen LogP contribution >= 0.6 is 0 Å². The molecule has 0 aliphatic carbocycles. The van der Waals surface area contributed by atoms with Crippen molar-refractivity contribution < 1.29 is 29.1 Å². The van der Waals surface area contributed by atoms with Gasteiger partial charge in [-0.05, 0) is 35.4 Å². The zero-order valence-electron chi connectivity index (χ0n) is 17.2. The average Bonchev–Trinajstić information content (AvgIpc) is 2.80. The van der Waals surface area contributed by atoms with Crippen molar-refractivity contribution in [1.29, 1.82) is 0 Å². The van der Waals surface area contributed by atoms with Gasteiger partial charge in [0.15, 0.2) is 12.6 Å². The number of hydrogen-bond acceptors (Lipinski definition) is 6. The highest BCUT2D eigenvalue weighted by Crippen LogP contribution is 2.35. The lowest BCUT2D eigenvalue weighted by atomic mass is 10.0. The topological polar surface area (TPSA) is 128 Å². The lowest BCUT2D eigenvalue weighted by Crippen LogP contribution is -2.54. The van der Waals surface area contributed by atoms with Gasteiger partial charge < -0.3 is 19.9 Å². The van der Waals surface area contributed by atoms with Crippen LogP contribution in [0.2, 0.25) is 0 Å². The maximum Gasteiger partial charge on any atom is 0.275 e. The van der Waals surface area contributed by atoms with Crippen LogP contribution in [0.4, 0.5) is 5.69 Å². The van der Waals surface area contributed by atoms with E-state index >= 15 is 0 Å². The summed E-state index contributed by atoms with van der Waals surface area (Å²) in [7, 11) is 4.29. The third-order valence-corrected chi connectivity index (χ3v) is 5.07. The van der Waals surface area contributed by atoms with Gasteiger partial charge in [-0.2, -0.15) is 0 Å². The molecule has 10 heteroatoms. The Morgan fingerprint density at radius 3 is 2.35 bits per heavy atom. The molecule has 10 nitrogen and oxygen atoms in total. The SMILES string of the molecule is CNC(=O)C(C(=O)NO)N(C)C(=O)c1ccc(-c2ccc3c(c2)N(C)C(=O)CO3)cc1. The maximum absolute atomic E-state index is 12.8. The molecule has 1 aliphatic heterocycles. The van der Waals surface area contributed by atoms with E-state index in [4.69, 9.17) is 9.94 Å². The van der Waals surface area contributed by atoms with Crippen LogP contribution in [-0.2, 0) is 14.4 Å². The molecule has 31 heavy (non-hydrogen) atoms. The minimum atomic E-state index is -1.53. The Balaban J connectivity index is 1.84. The highest BCUT2D eigenvalue weighted by molar-refractivity contribution is 6.08. The first-order valence-corrected chi connectivity index (χ1v) is 9.35. The van der Waals surface area contributed by atoms with Gasteiger partial charge in [-0.15, -0.1) is 0 Å². The van der Waals surface area contributed by atoms with E-state index in [0.29, 0.717) is 11.4 Å². The molecule has 0 aromatic heterocycles. The Hall–Kier alpha value is -3.92. The lowest BCUT2D eigenvalue weighted by Gasteiger charge is -2.26. The Labute approximate surface area is 178 Å². The molecule has 2 aromatic rings. The molecule has 4 amide bonds. The summed E-state index contributed by atoms with van der Waals surface area (Å²) in [5.74, 6) is -1.88. The fraction of sp³-hybridized carbons (Fsp3) is 0.238. The number of nitrogens with zero attached hydrogens (tertiary/aromatic N) is 2. The molecule has 3 rings (SSSR count). The van der Waals surface area contributed by atoms with Crippen LogP contribution < -0.4 is 20.4 Å². The summed E-state index contributed by atoms with van der Waals surface area (Å²) in [5, 5.41) is 11.2. The fourth-order valence-electron chi connectivity index (χ4n) is 3.25. The van der Waals surface area contributed by atoms with Crippen molar-refractivity contribution in [1.82, 2.24) is 15.7 Å². The molecule has 1 unspecified atom stereocenters. The molecule has 0 fully saturated rings. The second-order valence-electron chi connectivity index (χ2n) is 6.91. The second kappa shape index (κ2) is 8.84. The van der Waals surface area contributed by atoms with Crippen LogP contribution in [0.15, 0.2) is 42.5 Å². The summed E-state index contributed by atoms with van der Waals surface area (Å²) in [4.78, 5) is 50.9. The molecule has 1 heterocycles. The molecule has 0 radical (unpaired) electrons. The number of benzene rings is 2. The Morgan fingerprint density at radius 1 is 1.10 bits per heavy atom. The van der Waals surface area contributed by atoms with Crippen molar-refractivity contribution in [2.24, 2.45) is 0 Å². The van der Waals surface area contributed by atoms with E-state index in [-0.39, 0.29) is 18.1 Å². The molecule has 0 saturated heterocycles. The number of carbonyl (C=O) groups is 4. The van der Waals surface area contributed by atoms with Gasteiger partial charge in [-0.3, -0.25) is 24.4 Å². The molecule has 1 aliphatic rings. The monoisotopic (exact) mass is 426 g/mol. The quantitative estimate of drug-likeness (QED) is 0.361. The molecular weight excluding hydrogens is 404 g/mol. The van der Waals surface area contributed by atoms with Crippen LogP contribution in [0, 0.1) is 0 Å². The summed E-state index contributed by atoms with van der Waals surface area (Å²) in [6.45, 7) is -0.00146. The maximum atomic E-state index is 12.8. The normalized spacial score (nSPS) is 13.5. The first kappa shape index (κ1) is 21.8. The number of fused-ring (bicyclic) bond motifs is 1. The van der Waals surface area contributed by atoms with E-state index in [1.165, 1.54) is 24.5 Å². The van der Waals surface area contributed by atoms with E-state index in [1.54, 1.807) is 37.4 Å². The van der Waals surface area contributed by atoms with Crippen molar-refractivity contribution in [2.45, 2.75) is 6.04 Å².